The number of aryl methyl sites for hydroxylation is 1. The van der Waals surface area contributed by atoms with Crippen LogP contribution in [-0.2, 0) is 16.4 Å². The molecule has 1 amide bonds. The maximum absolute atomic E-state index is 12.6. The van der Waals surface area contributed by atoms with E-state index in [0.29, 0.717) is 5.56 Å². The van der Waals surface area contributed by atoms with Gasteiger partial charge in [0.15, 0.2) is 0 Å². The van der Waals surface area contributed by atoms with Gasteiger partial charge in [-0.3, -0.25) is 9.79 Å². The summed E-state index contributed by atoms with van der Waals surface area (Å²) in [4.78, 5) is 19.7. The molecule has 0 unspecified atom stereocenters. The predicted octanol–water partition coefficient (Wildman–Crippen LogP) is 3.76. The van der Waals surface area contributed by atoms with E-state index in [1.165, 1.54) is 6.20 Å². The number of hydrogen-bond donors (Lipinski definition) is 2. The minimum Gasteiger partial charge on any atom is -0.364 e. The van der Waals surface area contributed by atoms with Crippen molar-refractivity contribution < 1.29 is 13.2 Å². The number of amides is 1. The third-order valence-corrected chi connectivity index (χ3v) is 6.24. The summed E-state index contributed by atoms with van der Waals surface area (Å²) >= 11 is 0. The molecular weight excluding hydrogens is 386 g/mol. The lowest BCUT2D eigenvalue weighted by Crippen LogP contribution is -2.23. The highest BCUT2D eigenvalue weighted by atomic mass is 32.2. The number of hydrogen-bond acceptors (Lipinski definition) is 4. The summed E-state index contributed by atoms with van der Waals surface area (Å²) in [6, 6.07) is 14.8. The van der Waals surface area contributed by atoms with Gasteiger partial charge in [0, 0.05) is 30.2 Å². The molecule has 0 radical (unpaired) electrons. The molecule has 0 saturated carbocycles. The lowest BCUT2D eigenvalue weighted by molar-refractivity contribution is 0.0951. The molecule has 0 atom stereocenters. The number of carbonyl (C=O) groups is 1. The first-order valence-electron chi connectivity index (χ1n) is 8.91. The second kappa shape index (κ2) is 8.70. The molecule has 1 heterocycles. The molecule has 29 heavy (non-hydrogen) atoms. The normalized spacial score (nSPS) is 11.5. The maximum atomic E-state index is 12.6. The van der Waals surface area contributed by atoms with Crippen LogP contribution in [-0.4, -0.2) is 26.0 Å². The summed E-state index contributed by atoms with van der Waals surface area (Å²) in [5.41, 5.74) is 2.90. The van der Waals surface area contributed by atoms with Crippen molar-refractivity contribution in [2.24, 2.45) is 4.99 Å². The number of sulfone groups is 1. The summed E-state index contributed by atoms with van der Waals surface area (Å²) < 4.78 is 25.3. The van der Waals surface area contributed by atoms with E-state index in [2.05, 4.69) is 22.0 Å². The molecule has 7 heteroatoms. The molecule has 2 aromatic carbocycles. The van der Waals surface area contributed by atoms with Gasteiger partial charge in [-0.05, 0) is 49.5 Å². The first kappa shape index (κ1) is 20.3. The first-order chi connectivity index (χ1) is 13.9. The Hall–Kier alpha value is -3.45. The lowest BCUT2D eigenvalue weighted by Gasteiger charge is -2.08. The van der Waals surface area contributed by atoms with Gasteiger partial charge in [-0.15, -0.1) is 0 Å². The molecule has 0 saturated heterocycles. The number of H-pyrrole nitrogens is 1. The molecule has 0 aliphatic heterocycles. The van der Waals surface area contributed by atoms with Gasteiger partial charge in [-0.1, -0.05) is 30.3 Å². The van der Waals surface area contributed by atoms with Gasteiger partial charge in [0.1, 0.15) is 0 Å². The average Bonchev–Trinajstić information content (AvgIpc) is 3.11. The first-order valence-corrected chi connectivity index (χ1v) is 10.4. The van der Waals surface area contributed by atoms with Crippen LogP contribution in [0.4, 0.5) is 0 Å². The molecular formula is C22H21N3O3S. The Morgan fingerprint density at radius 3 is 2.41 bits per heavy atom. The van der Waals surface area contributed by atoms with Crippen molar-refractivity contribution in [3.63, 3.8) is 0 Å². The smallest absolute Gasteiger partial charge is 0.253 e. The minimum absolute atomic E-state index is 0.212. The van der Waals surface area contributed by atoms with Gasteiger partial charge in [-0.25, -0.2) is 8.42 Å². The van der Waals surface area contributed by atoms with Crippen molar-refractivity contribution in [3.8, 4) is 0 Å². The summed E-state index contributed by atoms with van der Waals surface area (Å²) in [6.45, 7) is 5.54. The Bertz CT molecular complexity index is 1150. The zero-order valence-corrected chi connectivity index (χ0v) is 16.7. The zero-order valence-electron chi connectivity index (χ0n) is 15.9. The van der Waals surface area contributed by atoms with Gasteiger partial charge in [-0.2, -0.15) is 0 Å². The highest BCUT2D eigenvalue weighted by Gasteiger charge is 2.17. The molecule has 0 fully saturated rings. The second-order valence-electron chi connectivity index (χ2n) is 6.38. The number of carbonyl (C=O) groups excluding carboxylic acids is 1. The van der Waals surface area contributed by atoms with Crippen molar-refractivity contribution in [2.75, 3.05) is 0 Å². The number of rotatable bonds is 7. The standard InChI is InChI=1S/C22H21N3O3S/c1-16-20(12-13-23-2)21(15-24-16)22(26)25-14-17-8-10-19(11-9-17)29(27,28)18-6-4-3-5-7-18/h3-13,15,24H,2,14H2,1H3,(H,25,26)/b13-12-. The van der Waals surface area contributed by atoms with Crippen LogP contribution >= 0.6 is 0 Å². The van der Waals surface area contributed by atoms with Crippen molar-refractivity contribution in [1.29, 1.82) is 0 Å². The highest BCUT2D eigenvalue weighted by Crippen LogP contribution is 2.21. The van der Waals surface area contributed by atoms with Crippen LogP contribution in [0.15, 0.2) is 81.8 Å². The number of benzene rings is 2. The van der Waals surface area contributed by atoms with E-state index in [0.717, 1.165) is 16.8 Å². The highest BCUT2D eigenvalue weighted by molar-refractivity contribution is 7.91. The zero-order chi connectivity index (χ0) is 20.9. The van der Waals surface area contributed by atoms with Gasteiger partial charge >= 0.3 is 0 Å². The van der Waals surface area contributed by atoms with E-state index in [1.54, 1.807) is 66.9 Å². The van der Waals surface area contributed by atoms with Gasteiger partial charge in [0.05, 0.1) is 15.4 Å². The summed E-state index contributed by atoms with van der Waals surface area (Å²) in [5, 5.41) is 2.85. The molecule has 6 nitrogen and oxygen atoms in total. The van der Waals surface area contributed by atoms with Crippen molar-refractivity contribution in [1.82, 2.24) is 10.3 Å². The molecule has 0 bridgehead atoms. The van der Waals surface area contributed by atoms with Crippen LogP contribution in [0.3, 0.4) is 0 Å². The summed E-state index contributed by atoms with van der Waals surface area (Å²) in [7, 11) is -3.55. The van der Waals surface area contributed by atoms with Crippen LogP contribution < -0.4 is 5.32 Å². The molecule has 148 valence electrons. The number of aromatic nitrogens is 1. The van der Waals surface area contributed by atoms with Gasteiger partial charge in [0.25, 0.3) is 5.91 Å². The van der Waals surface area contributed by atoms with Crippen LogP contribution in [0.1, 0.15) is 27.2 Å². The van der Waals surface area contributed by atoms with Gasteiger partial charge < -0.3 is 10.3 Å². The number of aromatic amines is 1. The Balaban J connectivity index is 1.71. The number of nitrogens with zero attached hydrogens (tertiary/aromatic N) is 1. The summed E-state index contributed by atoms with van der Waals surface area (Å²) in [5.74, 6) is -0.237. The third kappa shape index (κ3) is 4.52. The van der Waals surface area contributed by atoms with E-state index in [1.807, 2.05) is 6.92 Å². The van der Waals surface area contributed by atoms with Crippen LogP contribution in [0.5, 0.6) is 0 Å². The van der Waals surface area contributed by atoms with Crippen molar-refractivity contribution >= 4 is 28.5 Å². The Morgan fingerprint density at radius 1 is 1.10 bits per heavy atom. The predicted molar refractivity (Wildman–Crippen MR) is 114 cm³/mol. The van der Waals surface area contributed by atoms with Crippen molar-refractivity contribution in [2.45, 2.75) is 23.3 Å². The van der Waals surface area contributed by atoms with E-state index in [-0.39, 0.29) is 22.2 Å². The molecule has 3 rings (SSSR count). The Kier molecular flexibility index (Phi) is 6.09. The Labute approximate surface area is 169 Å². The number of aliphatic imine (C=N–C) groups is 1. The SMILES string of the molecule is C=N/C=C\c1c(C(=O)NCc2ccc(S(=O)(=O)c3ccccc3)cc2)c[nH]c1C. The van der Waals surface area contributed by atoms with Crippen molar-refractivity contribution in [3.05, 3.63) is 89.4 Å². The Morgan fingerprint density at radius 2 is 1.76 bits per heavy atom. The van der Waals surface area contributed by atoms with Crippen LogP contribution in [0.25, 0.3) is 6.08 Å². The monoisotopic (exact) mass is 407 g/mol. The fourth-order valence-electron chi connectivity index (χ4n) is 2.87. The second-order valence-corrected chi connectivity index (χ2v) is 8.33. The van der Waals surface area contributed by atoms with Crippen LogP contribution in [0.2, 0.25) is 0 Å². The largest absolute Gasteiger partial charge is 0.364 e. The minimum atomic E-state index is -3.55. The fourth-order valence-corrected chi connectivity index (χ4v) is 4.15. The lowest BCUT2D eigenvalue weighted by atomic mass is 10.1. The molecule has 0 aliphatic carbocycles. The topological polar surface area (TPSA) is 91.4 Å². The summed E-state index contributed by atoms with van der Waals surface area (Å²) in [6.07, 6.45) is 4.89. The average molecular weight is 407 g/mol. The molecule has 3 aromatic rings. The van der Waals surface area contributed by atoms with Crippen LogP contribution in [0, 0.1) is 6.92 Å². The fraction of sp³-hybridized carbons (Fsp3) is 0.0909. The van der Waals surface area contributed by atoms with Gasteiger partial charge in [0.2, 0.25) is 9.84 Å². The number of nitrogens with one attached hydrogen (secondary N) is 2. The van der Waals surface area contributed by atoms with E-state index >= 15 is 0 Å². The maximum Gasteiger partial charge on any atom is 0.253 e. The molecule has 0 aliphatic rings. The molecule has 2 N–H and O–H groups in total. The van der Waals surface area contributed by atoms with E-state index in [9.17, 15) is 13.2 Å². The molecule has 0 spiro atoms. The third-order valence-electron chi connectivity index (χ3n) is 4.46. The quantitative estimate of drug-likeness (QED) is 0.584. The van der Waals surface area contributed by atoms with E-state index in [4.69, 9.17) is 0 Å². The van der Waals surface area contributed by atoms with E-state index < -0.39 is 9.84 Å². The molecule has 1 aromatic heterocycles.